The van der Waals surface area contributed by atoms with E-state index in [4.69, 9.17) is 0 Å². The Kier molecular flexibility index (Phi) is 6.43. The van der Waals surface area contributed by atoms with E-state index >= 15 is 0 Å². The molecule has 0 saturated carbocycles. The van der Waals surface area contributed by atoms with Crippen molar-refractivity contribution < 1.29 is 9.18 Å². The van der Waals surface area contributed by atoms with E-state index in [9.17, 15) is 14.0 Å². The molecule has 1 N–H and O–H groups in total. The summed E-state index contributed by atoms with van der Waals surface area (Å²) in [4.78, 5) is 30.6. The number of nitrogens with one attached hydrogen (secondary N) is 1. The average molecular weight is 468 g/mol. The molecule has 4 aromatic rings. The first-order valence-corrected chi connectivity index (χ1v) is 12.0. The minimum Gasteiger partial charge on any atom is -0.325 e. The summed E-state index contributed by atoms with van der Waals surface area (Å²) >= 11 is 2.49. The molecule has 8 heteroatoms. The molecule has 0 aliphatic heterocycles. The number of carbonyl (C=O) groups is 1. The van der Waals surface area contributed by atoms with Crippen LogP contribution in [0, 0.1) is 19.7 Å². The topological polar surface area (TPSA) is 64.0 Å². The van der Waals surface area contributed by atoms with E-state index in [1.165, 1.54) is 33.7 Å². The number of amides is 1. The molecule has 2 aromatic carbocycles. The number of aryl methyl sites for hydroxylation is 3. The van der Waals surface area contributed by atoms with Crippen LogP contribution in [-0.4, -0.2) is 21.2 Å². The van der Waals surface area contributed by atoms with Crippen molar-refractivity contribution in [1.82, 2.24) is 9.55 Å². The lowest BCUT2D eigenvalue weighted by molar-refractivity contribution is -0.113. The Morgan fingerprint density at radius 3 is 2.75 bits per heavy atom. The van der Waals surface area contributed by atoms with E-state index in [0.29, 0.717) is 26.6 Å². The number of para-hydroxylation sites is 1. The fourth-order valence-corrected chi connectivity index (χ4v) is 5.06. The predicted molar refractivity (Wildman–Crippen MR) is 130 cm³/mol. The molecule has 0 atom stereocenters. The van der Waals surface area contributed by atoms with Gasteiger partial charge in [0.25, 0.3) is 5.56 Å². The van der Waals surface area contributed by atoms with E-state index in [0.717, 1.165) is 23.2 Å². The van der Waals surface area contributed by atoms with Gasteiger partial charge in [0, 0.05) is 5.69 Å². The molecule has 164 valence electrons. The summed E-state index contributed by atoms with van der Waals surface area (Å²) in [7, 11) is 0. The number of fused-ring (bicyclic) bond motifs is 1. The molecule has 0 aliphatic carbocycles. The minimum absolute atomic E-state index is 0.0831. The van der Waals surface area contributed by atoms with Gasteiger partial charge in [-0.15, -0.1) is 11.3 Å². The van der Waals surface area contributed by atoms with Crippen molar-refractivity contribution >= 4 is 44.9 Å². The van der Waals surface area contributed by atoms with Crippen molar-refractivity contribution in [2.24, 2.45) is 0 Å². The first-order chi connectivity index (χ1) is 15.4. The van der Waals surface area contributed by atoms with Crippen molar-refractivity contribution in [3.63, 3.8) is 0 Å². The highest BCUT2D eigenvalue weighted by Gasteiger charge is 2.17. The van der Waals surface area contributed by atoms with Gasteiger partial charge in [-0.1, -0.05) is 36.9 Å². The Balaban J connectivity index is 1.66. The van der Waals surface area contributed by atoms with Gasteiger partial charge in [0.1, 0.15) is 10.5 Å². The number of thiophene rings is 1. The van der Waals surface area contributed by atoms with Crippen LogP contribution in [-0.2, 0) is 11.2 Å². The maximum absolute atomic E-state index is 13.8. The summed E-state index contributed by atoms with van der Waals surface area (Å²) in [5, 5.41) is 5.20. The smallest absolute Gasteiger partial charge is 0.276 e. The van der Waals surface area contributed by atoms with Gasteiger partial charge in [-0.3, -0.25) is 14.2 Å². The van der Waals surface area contributed by atoms with Crippen LogP contribution < -0.4 is 10.9 Å². The molecule has 0 saturated heterocycles. The standard InChI is InChI=1S/C24H22FN3O2S2/c1-4-16-7-5-6-14(2)21(16)27-20(29)13-32-24-26-19-10-11-31-22(19)23(30)28(24)17-8-9-18(25)15(3)12-17/h5-12H,4,13H2,1-3H3,(H,27,29). The van der Waals surface area contributed by atoms with Crippen molar-refractivity contribution in [3.8, 4) is 5.69 Å². The van der Waals surface area contributed by atoms with Gasteiger partial charge in [-0.2, -0.15) is 0 Å². The molecule has 0 fully saturated rings. The van der Waals surface area contributed by atoms with Crippen LogP contribution >= 0.6 is 23.1 Å². The second-order valence-corrected chi connectivity index (χ2v) is 9.26. The molecule has 32 heavy (non-hydrogen) atoms. The molecule has 0 spiro atoms. The number of hydrogen-bond donors (Lipinski definition) is 1. The van der Waals surface area contributed by atoms with Crippen LogP contribution in [0.15, 0.2) is 57.8 Å². The monoisotopic (exact) mass is 467 g/mol. The maximum atomic E-state index is 13.8. The molecular weight excluding hydrogens is 445 g/mol. The Morgan fingerprint density at radius 2 is 2.00 bits per heavy atom. The number of anilines is 1. The van der Waals surface area contributed by atoms with Crippen LogP contribution in [0.25, 0.3) is 15.9 Å². The van der Waals surface area contributed by atoms with Gasteiger partial charge in [-0.25, -0.2) is 9.37 Å². The predicted octanol–water partition coefficient (Wildman–Crippen LogP) is 5.50. The van der Waals surface area contributed by atoms with E-state index in [1.807, 2.05) is 37.4 Å². The first-order valence-electron chi connectivity index (χ1n) is 10.2. The Morgan fingerprint density at radius 1 is 1.19 bits per heavy atom. The average Bonchev–Trinajstić information content (AvgIpc) is 3.25. The van der Waals surface area contributed by atoms with Crippen molar-refractivity contribution in [2.75, 3.05) is 11.1 Å². The lowest BCUT2D eigenvalue weighted by Crippen LogP contribution is -2.22. The molecule has 4 rings (SSSR count). The lowest BCUT2D eigenvalue weighted by Gasteiger charge is -2.14. The second kappa shape index (κ2) is 9.26. The summed E-state index contributed by atoms with van der Waals surface area (Å²) in [5.41, 5.74) is 4.21. The zero-order chi connectivity index (χ0) is 22.8. The highest BCUT2D eigenvalue weighted by molar-refractivity contribution is 7.99. The third kappa shape index (κ3) is 4.33. The number of hydrogen-bond acceptors (Lipinski definition) is 5. The molecule has 0 radical (unpaired) electrons. The van der Waals surface area contributed by atoms with Crippen molar-refractivity contribution in [1.29, 1.82) is 0 Å². The second-order valence-electron chi connectivity index (χ2n) is 7.40. The number of nitrogens with zero attached hydrogens (tertiary/aromatic N) is 2. The van der Waals surface area contributed by atoms with E-state index in [1.54, 1.807) is 25.1 Å². The molecule has 2 aromatic heterocycles. The zero-order valence-corrected chi connectivity index (χ0v) is 19.6. The van der Waals surface area contributed by atoms with E-state index in [-0.39, 0.29) is 23.0 Å². The van der Waals surface area contributed by atoms with Crippen LogP contribution in [0.3, 0.4) is 0 Å². The Bertz CT molecular complexity index is 1380. The fraction of sp³-hybridized carbons (Fsp3) is 0.208. The SMILES string of the molecule is CCc1cccc(C)c1NC(=O)CSc1nc2ccsc2c(=O)n1-c1ccc(F)c(C)c1. The first kappa shape index (κ1) is 22.2. The fourth-order valence-electron chi connectivity index (χ4n) is 3.49. The molecule has 0 aliphatic rings. The maximum Gasteiger partial charge on any atom is 0.276 e. The Labute approximate surface area is 193 Å². The van der Waals surface area contributed by atoms with E-state index < -0.39 is 0 Å². The van der Waals surface area contributed by atoms with Gasteiger partial charge < -0.3 is 5.32 Å². The van der Waals surface area contributed by atoms with Crippen LogP contribution in [0.2, 0.25) is 0 Å². The lowest BCUT2D eigenvalue weighted by atomic mass is 10.1. The summed E-state index contributed by atoms with van der Waals surface area (Å²) in [6.07, 6.45) is 0.810. The van der Waals surface area contributed by atoms with Gasteiger partial charge in [0.05, 0.1) is 17.0 Å². The van der Waals surface area contributed by atoms with E-state index in [2.05, 4.69) is 10.3 Å². The van der Waals surface area contributed by atoms with Crippen LogP contribution in [0.1, 0.15) is 23.6 Å². The molecule has 0 bridgehead atoms. The summed E-state index contributed by atoms with van der Waals surface area (Å²) < 4.78 is 15.8. The molecule has 1 amide bonds. The third-order valence-corrected chi connectivity index (χ3v) is 7.02. The highest BCUT2D eigenvalue weighted by Crippen LogP contribution is 2.26. The van der Waals surface area contributed by atoms with Gasteiger partial charge in [-0.05, 0) is 66.6 Å². The number of halogens is 1. The highest BCUT2D eigenvalue weighted by atomic mass is 32.2. The minimum atomic E-state index is -0.342. The third-order valence-electron chi connectivity index (χ3n) is 5.19. The van der Waals surface area contributed by atoms with Crippen molar-refractivity contribution in [2.45, 2.75) is 32.3 Å². The molecular formula is C24H22FN3O2S2. The normalized spacial score (nSPS) is 11.1. The molecule has 2 heterocycles. The Hall–Kier alpha value is -2.97. The quantitative estimate of drug-likeness (QED) is 0.301. The summed E-state index contributed by atoms with van der Waals surface area (Å²) in [6.45, 7) is 5.65. The number of carbonyl (C=O) groups excluding carboxylic acids is 1. The number of thioether (sulfide) groups is 1. The molecule has 0 unspecified atom stereocenters. The van der Waals surface area contributed by atoms with Crippen LogP contribution in [0.4, 0.5) is 10.1 Å². The molecule has 5 nitrogen and oxygen atoms in total. The summed E-state index contributed by atoms with van der Waals surface area (Å²) in [6, 6.07) is 12.2. The van der Waals surface area contributed by atoms with Crippen LogP contribution in [0.5, 0.6) is 0 Å². The number of rotatable bonds is 6. The van der Waals surface area contributed by atoms with Gasteiger partial charge in [0.2, 0.25) is 5.91 Å². The van der Waals surface area contributed by atoms with Crippen molar-refractivity contribution in [3.05, 3.63) is 80.7 Å². The number of aromatic nitrogens is 2. The van der Waals surface area contributed by atoms with Gasteiger partial charge in [0.15, 0.2) is 5.16 Å². The van der Waals surface area contributed by atoms with Gasteiger partial charge >= 0.3 is 0 Å². The summed E-state index contributed by atoms with van der Waals surface area (Å²) in [5.74, 6) is -0.439. The zero-order valence-electron chi connectivity index (χ0n) is 17.9. The largest absolute Gasteiger partial charge is 0.325 e. The number of benzene rings is 2.